The number of alkyl halides is 2. The van der Waals surface area contributed by atoms with Crippen molar-refractivity contribution in [2.24, 2.45) is 5.73 Å². The molecule has 0 bridgehead atoms. The standard InChI is InChI=1S/C25H24F4N6O2/c1-2-14-12-15(4-5-16(14)24(36)32-9-3-8-30)34-22-23-33-13-18(35(23)11-10-31-22)17-6-7-19(37-25(28)29)21(27)20(17)26/h4-7,10-13,25H,2-3,8-9,30H2,1H3,(H,31,34)(H,32,36). The minimum Gasteiger partial charge on any atom is -0.432 e. The summed E-state index contributed by atoms with van der Waals surface area (Å²) in [5.74, 6) is -3.63. The van der Waals surface area contributed by atoms with Crippen molar-refractivity contribution < 1.29 is 27.1 Å². The highest BCUT2D eigenvalue weighted by molar-refractivity contribution is 5.96. The number of nitrogens with two attached hydrogens (primary N) is 1. The van der Waals surface area contributed by atoms with Gasteiger partial charge in [0.2, 0.25) is 5.82 Å². The summed E-state index contributed by atoms with van der Waals surface area (Å²) in [5.41, 5.74) is 7.79. The summed E-state index contributed by atoms with van der Waals surface area (Å²) < 4.78 is 59.4. The minimum atomic E-state index is -3.29. The maximum Gasteiger partial charge on any atom is 0.387 e. The molecule has 2 aromatic heterocycles. The van der Waals surface area contributed by atoms with Crippen molar-refractivity contribution in [3.63, 3.8) is 0 Å². The van der Waals surface area contributed by atoms with E-state index in [0.29, 0.717) is 48.6 Å². The number of aromatic nitrogens is 3. The van der Waals surface area contributed by atoms with Gasteiger partial charge in [0, 0.05) is 35.8 Å². The zero-order chi connectivity index (χ0) is 26.5. The van der Waals surface area contributed by atoms with Gasteiger partial charge in [-0.2, -0.15) is 13.2 Å². The molecular formula is C25H24F4N6O2. The summed E-state index contributed by atoms with van der Waals surface area (Å²) >= 11 is 0. The molecule has 2 aromatic carbocycles. The molecule has 0 fully saturated rings. The molecule has 0 saturated heterocycles. The van der Waals surface area contributed by atoms with Crippen LogP contribution in [0.4, 0.5) is 29.1 Å². The Morgan fingerprint density at radius 3 is 2.70 bits per heavy atom. The SMILES string of the molecule is CCc1cc(Nc2nccn3c(-c4ccc(OC(F)F)c(F)c4F)cnc23)ccc1C(=O)NCCCN. The molecule has 8 nitrogen and oxygen atoms in total. The maximum atomic E-state index is 14.7. The zero-order valence-electron chi connectivity index (χ0n) is 19.8. The van der Waals surface area contributed by atoms with E-state index in [2.05, 4.69) is 25.3 Å². The third kappa shape index (κ3) is 5.48. The first-order chi connectivity index (χ1) is 17.8. The molecule has 0 aliphatic rings. The average molecular weight is 516 g/mol. The first-order valence-corrected chi connectivity index (χ1v) is 11.5. The number of amides is 1. The lowest BCUT2D eigenvalue weighted by molar-refractivity contribution is -0.0525. The van der Waals surface area contributed by atoms with E-state index >= 15 is 0 Å². The number of fused-ring (bicyclic) bond motifs is 1. The Hall–Kier alpha value is -4.19. The Morgan fingerprint density at radius 1 is 1.16 bits per heavy atom. The number of nitrogens with zero attached hydrogens (tertiary/aromatic N) is 3. The van der Waals surface area contributed by atoms with E-state index in [1.807, 2.05) is 13.0 Å². The highest BCUT2D eigenvalue weighted by Gasteiger charge is 2.21. The van der Waals surface area contributed by atoms with Gasteiger partial charge in [-0.15, -0.1) is 0 Å². The molecule has 0 radical (unpaired) electrons. The molecule has 0 spiro atoms. The van der Waals surface area contributed by atoms with Gasteiger partial charge < -0.3 is 21.1 Å². The van der Waals surface area contributed by atoms with Crippen LogP contribution in [0.5, 0.6) is 5.75 Å². The monoisotopic (exact) mass is 516 g/mol. The van der Waals surface area contributed by atoms with E-state index in [4.69, 9.17) is 5.73 Å². The number of rotatable bonds is 10. The summed E-state index contributed by atoms with van der Waals surface area (Å²) in [6, 6.07) is 7.32. The van der Waals surface area contributed by atoms with Gasteiger partial charge >= 0.3 is 6.61 Å². The van der Waals surface area contributed by atoms with Gasteiger partial charge in [-0.05, 0) is 55.3 Å². The van der Waals surface area contributed by atoms with Crippen molar-refractivity contribution in [1.29, 1.82) is 0 Å². The molecule has 1 amide bonds. The van der Waals surface area contributed by atoms with Gasteiger partial charge in [-0.3, -0.25) is 9.20 Å². The molecule has 4 N–H and O–H groups in total. The second kappa shape index (κ2) is 11.2. The molecule has 194 valence electrons. The normalized spacial score (nSPS) is 11.2. The number of benzene rings is 2. The summed E-state index contributed by atoms with van der Waals surface area (Å²) in [5, 5.41) is 5.99. The lowest BCUT2D eigenvalue weighted by Gasteiger charge is -2.13. The van der Waals surface area contributed by atoms with Crippen LogP contribution in [0.3, 0.4) is 0 Å². The number of nitrogens with one attached hydrogen (secondary N) is 2. The summed E-state index contributed by atoms with van der Waals surface area (Å²) in [4.78, 5) is 21.1. The van der Waals surface area contributed by atoms with Gasteiger partial charge in [-0.1, -0.05) is 6.92 Å². The molecule has 0 unspecified atom stereocenters. The fraction of sp³-hybridized carbons (Fsp3) is 0.240. The number of hydrogen-bond donors (Lipinski definition) is 3. The molecule has 0 aliphatic carbocycles. The molecule has 0 atom stereocenters. The Balaban J connectivity index is 1.63. The molecule has 4 rings (SSSR count). The van der Waals surface area contributed by atoms with Crippen LogP contribution in [0.15, 0.2) is 48.9 Å². The van der Waals surface area contributed by atoms with E-state index < -0.39 is 24.0 Å². The molecule has 0 aliphatic heterocycles. The van der Waals surface area contributed by atoms with Crippen LogP contribution in [0.2, 0.25) is 0 Å². The van der Waals surface area contributed by atoms with Crippen LogP contribution in [0.25, 0.3) is 16.9 Å². The quantitative estimate of drug-likeness (QED) is 0.209. The van der Waals surface area contributed by atoms with E-state index in [9.17, 15) is 22.4 Å². The lowest BCUT2D eigenvalue weighted by atomic mass is 10.0. The van der Waals surface area contributed by atoms with Crippen LogP contribution in [-0.4, -0.2) is 40.0 Å². The average Bonchev–Trinajstić information content (AvgIpc) is 3.31. The molecular weight excluding hydrogens is 492 g/mol. The number of ether oxygens (including phenoxy) is 1. The Kier molecular flexibility index (Phi) is 7.87. The van der Waals surface area contributed by atoms with Gasteiger partial charge in [0.15, 0.2) is 23.0 Å². The minimum absolute atomic E-state index is 0.180. The Labute approximate surface area is 209 Å². The first kappa shape index (κ1) is 25.9. The number of hydrogen-bond acceptors (Lipinski definition) is 6. The van der Waals surface area contributed by atoms with Gasteiger partial charge in [0.1, 0.15) is 0 Å². The largest absolute Gasteiger partial charge is 0.432 e. The Morgan fingerprint density at radius 2 is 1.97 bits per heavy atom. The number of imidazole rings is 1. The van der Waals surface area contributed by atoms with Crippen LogP contribution >= 0.6 is 0 Å². The highest BCUT2D eigenvalue weighted by atomic mass is 19.3. The van der Waals surface area contributed by atoms with Gasteiger partial charge in [0.05, 0.1) is 11.9 Å². The molecule has 4 aromatic rings. The number of aryl methyl sites for hydroxylation is 1. The summed E-state index contributed by atoms with van der Waals surface area (Å²) in [7, 11) is 0. The van der Waals surface area contributed by atoms with Gasteiger partial charge in [0.25, 0.3) is 5.91 Å². The van der Waals surface area contributed by atoms with Crippen molar-refractivity contribution in [3.05, 3.63) is 71.7 Å². The van der Waals surface area contributed by atoms with Gasteiger partial charge in [-0.25, -0.2) is 14.4 Å². The third-order valence-electron chi connectivity index (χ3n) is 5.63. The molecule has 12 heteroatoms. The first-order valence-electron chi connectivity index (χ1n) is 11.5. The second-order valence-corrected chi connectivity index (χ2v) is 7.98. The number of halogens is 4. The maximum absolute atomic E-state index is 14.7. The highest BCUT2D eigenvalue weighted by Crippen LogP contribution is 2.32. The second-order valence-electron chi connectivity index (χ2n) is 7.98. The summed E-state index contributed by atoms with van der Waals surface area (Å²) in [6.45, 7) is -0.388. The van der Waals surface area contributed by atoms with E-state index in [-0.39, 0.29) is 17.2 Å². The van der Waals surface area contributed by atoms with Crippen molar-refractivity contribution in [3.8, 4) is 17.0 Å². The van der Waals surface area contributed by atoms with E-state index in [1.54, 1.807) is 12.1 Å². The molecule has 0 saturated carbocycles. The summed E-state index contributed by atoms with van der Waals surface area (Å²) in [6.07, 6.45) is 5.56. The van der Waals surface area contributed by atoms with E-state index in [1.165, 1.54) is 23.0 Å². The predicted molar refractivity (Wildman–Crippen MR) is 130 cm³/mol. The van der Waals surface area contributed by atoms with E-state index in [0.717, 1.165) is 17.7 Å². The predicted octanol–water partition coefficient (Wildman–Crippen LogP) is 4.66. The molecule has 2 heterocycles. The Bertz CT molecular complexity index is 1430. The van der Waals surface area contributed by atoms with Crippen molar-refractivity contribution >= 4 is 23.1 Å². The third-order valence-corrected chi connectivity index (χ3v) is 5.63. The van der Waals surface area contributed by atoms with Crippen LogP contribution < -0.4 is 21.1 Å². The van der Waals surface area contributed by atoms with Crippen molar-refractivity contribution in [2.75, 3.05) is 18.4 Å². The van der Waals surface area contributed by atoms with Crippen molar-refractivity contribution in [1.82, 2.24) is 19.7 Å². The zero-order valence-corrected chi connectivity index (χ0v) is 19.8. The van der Waals surface area contributed by atoms with Crippen LogP contribution in [0.1, 0.15) is 29.3 Å². The number of carbonyl (C=O) groups excluding carboxylic acids is 1. The van der Waals surface area contributed by atoms with Crippen LogP contribution in [0, 0.1) is 11.6 Å². The lowest BCUT2D eigenvalue weighted by Crippen LogP contribution is -2.26. The fourth-order valence-electron chi connectivity index (χ4n) is 3.84. The fourth-order valence-corrected chi connectivity index (χ4v) is 3.84. The topological polar surface area (TPSA) is 107 Å². The molecule has 37 heavy (non-hydrogen) atoms. The number of anilines is 2. The smallest absolute Gasteiger partial charge is 0.387 e. The van der Waals surface area contributed by atoms with Crippen LogP contribution in [-0.2, 0) is 6.42 Å². The number of carbonyl (C=O) groups is 1. The van der Waals surface area contributed by atoms with Crippen molar-refractivity contribution in [2.45, 2.75) is 26.4 Å².